The van der Waals surface area contributed by atoms with Crippen molar-refractivity contribution in [3.63, 3.8) is 0 Å². The molecule has 0 spiro atoms. The van der Waals surface area contributed by atoms with Crippen LogP contribution in [0.15, 0.2) is 24.3 Å². The van der Waals surface area contributed by atoms with E-state index in [2.05, 4.69) is 24.1 Å². The van der Waals surface area contributed by atoms with Crippen LogP contribution < -0.4 is 5.32 Å². The fraction of sp³-hybridized carbons (Fsp3) is 0.652. The Morgan fingerprint density at radius 1 is 1.10 bits per heavy atom. The Bertz CT molecular complexity index is 693. The molecule has 1 aromatic carbocycles. The van der Waals surface area contributed by atoms with Crippen LogP contribution in [0, 0.1) is 11.8 Å². The average molecular weight is 420 g/mol. The third-order valence-corrected chi connectivity index (χ3v) is 6.80. The number of hydrogen-bond donors (Lipinski definition) is 1. The number of benzene rings is 1. The largest absolute Gasteiger partial charge is 0.340 e. The van der Waals surface area contributed by atoms with E-state index in [9.17, 15) is 9.59 Å². The normalized spacial score (nSPS) is 19.5. The van der Waals surface area contributed by atoms with Crippen LogP contribution >= 0.6 is 11.6 Å². The topological polar surface area (TPSA) is 52.7 Å². The smallest absolute Gasteiger partial charge is 0.242 e. The number of anilines is 1. The number of hydrogen-bond acceptors (Lipinski definition) is 3. The summed E-state index contributed by atoms with van der Waals surface area (Å²) < 4.78 is 0. The van der Waals surface area contributed by atoms with Gasteiger partial charge < -0.3 is 10.2 Å². The molecule has 1 aromatic rings. The number of nitrogens with one attached hydrogen (secondary N) is 1. The van der Waals surface area contributed by atoms with Crippen LogP contribution in [0.2, 0.25) is 5.02 Å². The van der Waals surface area contributed by atoms with Crippen molar-refractivity contribution < 1.29 is 9.59 Å². The molecule has 1 saturated carbocycles. The lowest BCUT2D eigenvalue weighted by Gasteiger charge is -2.41. The van der Waals surface area contributed by atoms with E-state index in [1.54, 1.807) is 6.07 Å². The van der Waals surface area contributed by atoms with Gasteiger partial charge >= 0.3 is 0 Å². The van der Waals surface area contributed by atoms with Crippen molar-refractivity contribution in [2.24, 2.45) is 11.8 Å². The molecule has 2 fully saturated rings. The summed E-state index contributed by atoms with van der Waals surface area (Å²) in [5.74, 6) is 0.836. The standard InChI is InChI=1S/C23H34ClN3O2/c1-3-17(4-2)23(29)27-14-12-26(13-15-27)21(18-8-5-6-9-18)22(28)25-20-11-7-10-19(24)16-20/h7,10-11,16-18,21H,3-6,8-9,12-15H2,1-2H3,(H,25,28). The average Bonchev–Trinajstić information content (AvgIpc) is 3.24. The fourth-order valence-electron chi connectivity index (χ4n) is 4.85. The lowest BCUT2D eigenvalue weighted by molar-refractivity contribution is -0.138. The number of carbonyl (C=O) groups excluding carboxylic acids is 2. The molecule has 0 radical (unpaired) electrons. The minimum absolute atomic E-state index is 0.0546. The predicted molar refractivity (Wildman–Crippen MR) is 118 cm³/mol. The summed E-state index contributed by atoms with van der Waals surface area (Å²) in [7, 11) is 0. The summed E-state index contributed by atoms with van der Waals surface area (Å²) in [6.45, 7) is 7.11. The molecule has 1 aliphatic carbocycles. The molecule has 1 atom stereocenters. The molecular weight excluding hydrogens is 386 g/mol. The van der Waals surface area contributed by atoms with Crippen molar-refractivity contribution in [3.05, 3.63) is 29.3 Å². The van der Waals surface area contributed by atoms with Gasteiger partial charge in [0.15, 0.2) is 0 Å². The fourth-order valence-corrected chi connectivity index (χ4v) is 5.04. The molecule has 1 unspecified atom stereocenters. The minimum atomic E-state index is -0.137. The van der Waals surface area contributed by atoms with Crippen LogP contribution in [0.1, 0.15) is 52.4 Å². The summed E-state index contributed by atoms with van der Waals surface area (Å²) >= 11 is 6.08. The van der Waals surface area contributed by atoms with Gasteiger partial charge in [-0.25, -0.2) is 0 Å². The summed E-state index contributed by atoms with van der Waals surface area (Å²) in [4.78, 5) is 30.3. The van der Waals surface area contributed by atoms with Crippen molar-refractivity contribution >= 4 is 29.1 Å². The van der Waals surface area contributed by atoms with E-state index >= 15 is 0 Å². The number of halogens is 1. The van der Waals surface area contributed by atoms with E-state index in [0.29, 0.717) is 24.0 Å². The lowest BCUT2D eigenvalue weighted by atomic mass is 9.94. The number of carbonyl (C=O) groups is 2. The second-order valence-corrected chi connectivity index (χ2v) is 8.80. The molecule has 2 amide bonds. The van der Waals surface area contributed by atoms with Crippen molar-refractivity contribution in [1.82, 2.24) is 9.80 Å². The highest BCUT2D eigenvalue weighted by atomic mass is 35.5. The Morgan fingerprint density at radius 3 is 2.34 bits per heavy atom. The Morgan fingerprint density at radius 2 is 1.76 bits per heavy atom. The molecule has 0 aromatic heterocycles. The number of rotatable bonds is 7. The molecular formula is C23H34ClN3O2. The van der Waals surface area contributed by atoms with Crippen LogP contribution in [0.5, 0.6) is 0 Å². The molecule has 2 aliphatic rings. The monoisotopic (exact) mass is 419 g/mol. The van der Waals surface area contributed by atoms with Gasteiger partial charge in [0.2, 0.25) is 11.8 Å². The van der Waals surface area contributed by atoms with E-state index < -0.39 is 0 Å². The van der Waals surface area contributed by atoms with Crippen molar-refractivity contribution in [2.45, 2.75) is 58.4 Å². The van der Waals surface area contributed by atoms with E-state index in [1.807, 2.05) is 23.1 Å². The first-order valence-corrected chi connectivity index (χ1v) is 11.5. The molecule has 0 bridgehead atoms. The third-order valence-electron chi connectivity index (χ3n) is 6.56. The van der Waals surface area contributed by atoms with Gasteiger partial charge in [-0.05, 0) is 49.8 Å². The molecule has 1 saturated heterocycles. The predicted octanol–water partition coefficient (Wildman–Crippen LogP) is 4.42. The first kappa shape index (κ1) is 22.1. The Kier molecular flexibility index (Phi) is 7.96. The number of amides is 2. The summed E-state index contributed by atoms with van der Waals surface area (Å²) in [5, 5.41) is 3.70. The van der Waals surface area contributed by atoms with E-state index in [4.69, 9.17) is 11.6 Å². The molecule has 29 heavy (non-hydrogen) atoms. The maximum atomic E-state index is 13.3. The van der Waals surface area contributed by atoms with Gasteiger partial charge in [-0.15, -0.1) is 0 Å². The summed E-state index contributed by atoms with van der Waals surface area (Å²) in [5.41, 5.74) is 0.744. The quantitative estimate of drug-likeness (QED) is 0.711. The van der Waals surface area contributed by atoms with Crippen molar-refractivity contribution in [2.75, 3.05) is 31.5 Å². The van der Waals surface area contributed by atoms with E-state index in [0.717, 1.165) is 44.5 Å². The molecule has 6 heteroatoms. The van der Waals surface area contributed by atoms with Gasteiger partial charge in [0.05, 0.1) is 6.04 Å². The van der Waals surface area contributed by atoms with Gasteiger partial charge in [0, 0.05) is 42.8 Å². The lowest BCUT2D eigenvalue weighted by Crippen LogP contribution is -2.57. The molecule has 1 heterocycles. The van der Waals surface area contributed by atoms with Gasteiger partial charge in [0.25, 0.3) is 0 Å². The Labute approximate surface area is 179 Å². The zero-order chi connectivity index (χ0) is 20.8. The molecule has 1 aliphatic heterocycles. The van der Waals surface area contributed by atoms with Crippen LogP contribution in [0.4, 0.5) is 5.69 Å². The second kappa shape index (κ2) is 10.4. The summed E-state index contributed by atoms with van der Waals surface area (Å²) in [6.07, 6.45) is 6.36. The van der Waals surface area contributed by atoms with Crippen LogP contribution in [-0.2, 0) is 9.59 Å². The highest BCUT2D eigenvalue weighted by Gasteiger charge is 2.37. The van der Waals surface area contributed by atoms with E-state index in [1.165, 1.54) is 12.8 Å². The van der Waals surface area contributed by atoms with Crippen LogP contribution in [-0.4, -0.2) is 53.8 Å². The van der Waals surface area contributed by atoms with Crippen LogP contribution in [0.25, 0.3) is 0 Å². The second-order valence-electron chi connectivity index (χ2n) is 8.36. The van der Waals surface area contributed by atoms with Crippen molar-refractivity contribution in [3.8, 4) is 0 Å². The number of piperazine rings is 1. The van der Waals surface area contributed by atoms with Gasteiger partial charge in [-0.1, -0.05) is 44.4 Å². The Hall–Kier alpha value is -1.59. The molecule has 1 N–H and O–H groups in total. The molecule has 5 nitrogen and oxygen atoms in total. The van der Waals surface area contributed by atoms with Gasteiger partial charge in [0.1, 0.15) is 0 Å². The minimum Gasteiger partial charge on any atom is -0.340 e. The molecule has 160 valence electrons. The first-order chi connectivity index (χ1) is 14.0. The zero-order valence-electron chi connectivity index (χ0n) is 17.7. The SMILES string of the molecule is CCC(CC)C(=O)N1CCN(C(C(=O)Nc2cccc(Cl)c2)C2CCCC2)CC1. The van der Waals surface area contributed by atoms with Crippen LogP contribution in [0.3, 0.4) is 0 Å². The van der Waals surface area contributed by atoms with Crippen molar-refractivity contribution in [1.29, 1.82) is 0 Å². The molecule has 3 rings (SSSR count). The van der Waals surface area contributed by atoms with Gasteiger partial charge in [-0.2, -0.15) is 0 Å². The Balaban J connectivity index is 1.66. The highest BCUT2D eigenvalue weighted by Crippen LogP contribution is 2.32. The number of nitrogens with zero attached hydrogens (tertiary/aromatic N) is 2. The maximum Gasteiger partial charge on any atom is 0.242 e. The first-order valence-electron chi connectivity index (χ1n) is 11.1. The van der Waals surface area contributed by atoms with Gasteiger partial charge in [-0.3, -0.25) is 14.5 Å². The third kappa shape index (κ3) is 5.52. The summed E-state index contributed by atoms with van der Waals surface area (Å²) in [6, 6.07) is 7.19. The highest BCUT2D eigenvalue weighted by molar-refractivity contribution is 6.30. The maximum absolute atomic E-state index is 13.3. The van der Waals surface area contributed by atoms with E-state index in [-0.39, 0.29) is 23.8 Å². The zero-order valence-corrected chi connectivity index (χ0v) is 18.5.